The molecule has 0 aliphatic rings. The van der Waals surface area contributed by atoms with E-state index in [0.29, 0.717) is 0 Å². The summed E-state index contributed by atoms with van der Waals surface area (Å²) >= 11 is 0. The van der Waals surface area contributed by atoms with Gasteiger partial charge in [0, 0.05) is 5.56 Å². The Morgan fingerprint density at radius 3 is 2.42 bits per heavy atom. The molecule has 0 aliphatic carbocycles. The monoisotopic (exact) mass is 349 g/mol. The lowest BCUT2D eigenvalue weighted by atomic mass is 10.1. The fraction of sp³-hybridized carbons (Fsp3) is 0.467. The van der Waals surface area contributed by atoms with Crippen molar-refractivity contribution in [2.45, 2.75) is 26.3 Å². The van der Waals surface area contributed by atoms with Crippen LogP contribution in [0.1, 0.15) is 25.5 Å². The standard InChI is InChI=1S/C15H18F3NO5/c1-9(13(20)22-3)8-23-14(21)19-10(2)11-6-4-5-7-12(11)24-15(16,17)18/h4-7,9-10H,8H2,1-3H3,(H,19,21). The van der Waals surface area contributed by atoms with Crippen LogP contribution in [-0.4, -0.2) is 32.1 Å². The second kappa shape index (κ2) is 8.42. The first-order chi connectivity index (χ1) is 11.1. The summed E-state index contributed by atoms with van der Waals surface area (Å²) in [7, 11) is 1.21. The molecular formula is C15H18F3NO5. The van der Waals surface area contributed by atoms with Crippen LogP contribution in [0.2, 0.25) is 0 Å². The van der Waals surface area contributed by atoms with Gasteiger partial charge in [0.1, 0.15) is 12.4 Å². The molecular weight excluding hydrogens is 331 g/mol. The zero-order valence-corrected chi connectivity index (χ0v) is 13.3. The molecule has 0 bridgehead atoms. The van der Waals surface area contributed by atoms with Gasteiger partial charge in [0.2, 0.25) is 0 Å². The lowest BCUT2D eigenvalue weighted by Crippen LogP contribution is -2.30. The van der Waals surface area contributed by atoms with Crippen molar-refractivity contribution in [3.8, 4) is 5.75 Å². The molecule has 0 saturated heterocycles. The smallest absolute Gasteiger partial charge is 0.469 e. The molecule has 1 aromatic carbocycles. The van der Waals surface area contributed by atoms with E-state index in [0.717, 1.165) is 6.07 Å². The number of hydrogen-bond acceptors (Lipinski definition) is 5. The highest BCUT2D eigenvalue weighted by molar-refractivity contribution is 5.73. The van der Waals surface area contributed by atoms with Gasteiger partial charge in [-0.1, -0.05) is 18.2 Å². The van der Waals surface area contributed by atoms with Crippen molar-refractivity contribution < 1.29 is 37.0 Å². The molecule has 2 unspecified atom stereocenters. The third kappa shape index (κ3) is 6.35. The Labute approximate surface area is 136 Å². The number of rotatable bonds is 6. The quantitative estimate of drug-likeness (QED) is 0.799. The summed E-state index contributed by atoms with van der Waals surface area (Å²) in [4.78, 5) is 22.9. The molecule has 1 N–H and O–H groups in total. The Morgan fingerprint density at radius 2 is 1.83 bits per heavy atom. The first kappa shape index (κ1) is 19.6. The molecule has 0 radical (unpaired) electrons. The normalized spacial score (nSPS) is 13.6. The number of benzene rings is 1. The summed E-state index contributed by atoms with van der Waals surface area (Å²) in [6.07, 6.45) is -5.72. The Bertz CT molecular complexity index is 576. The van der Waals surface area contributed by atoms with E-state index < -0.39 is 36.1 Å². The highest BCUT2D eigenvalue weighted by Gasteiger charge is 2.32. The second-order valence-electron chi connectivity index (χ2n) is 4.97. The summed E-state index contributed by atoms with van der Waals surface area (Å²) in [5, 5.41) is 2.37. The van der Waals surface area contributed by atoms with Crippen molar-refractivity contribution in [2.75, 3.05) is 13.7 Å². The van der Waals surface area contributed by atoms with Gasteiger partial charge in [0.15, 0.2) is 0 Å². The molecule has 0 heterocycles. The highest BCUT2D eigenvalue weighted by atomic mass is 19.4. The van der Waals surface area contributed by atoms with Crippen molar-refractivity contribution >= 4 is 12.1 Å². The van der Waals surface area contributed by atoms with Crippen molar-refractivity contribution in [3.05, 3.63) is 29.8 Å². The molecule has 24 heavy (non-hydrogen) atoms. The average Bonchev–Trinajstić information content (AvgIpc) is 2.50. The van der Waals surface area contributed by atoms with E-state index in [1.807, 2.05) is 0 Å². The van der Waals surface area contributed by atoms with Crippen LogP contribution in [0.15, 0.2) is 24.3 Å². The summed E-state index contributed by atoms with van der Waals surface area (Å²) in [5.41, 5.74) is 0.132. The number of carbonyl (C=O) groups is 2. The Hall–Kier alpha value is -2.45. The van der Waals surface area contributed by atoms with E-state index >= 15 is 0 Å². The maximum atomic E-state index is 12.4. The van der Waals surface area contributed by atoms with E-state index in [9.17, 15) is 22.8 Å². The van der Waals surface area contributed by atoms with E-state index in [1.54, 1.807) is 0 Å². The molecule has 0 aromatic heterocycles. The Balaban J connectivity index is 2.66. The van der Waals surface area contributed by atoms with Crippen LogP contribution in [0.3, 0.4) is 0 Å². The molecule has 6 nitrogen and oxygen atoms in total. The number of nitrogens with one attached hydrogen (secondary N) is 1. The highest BCUT2D eigenvalue weighted by Crippen LogP contribution is 2.30. The molecule has 1 aromatic rings. The number of esters is 1. The number of amides is 1. The number of alkyl carbamates (subject to hydrolysis) is 1. The topological polar surface area (TPSA) is 73.9 Å². The molecule has 134 valence electrons. The fourth-order valence-electron chi connectivity index (χ4n) is 1.82. The van der Waals surface area contributed by atoms with Gasteiger partial charge in [-0.2, -0.15) is 0 Å². The van der Waals surface area contributed by atoms with Gasteiger partial charge in [-0.05, 0) is 19.9 Å². The molecule has 1 rings (SSSR count). The third-order valence-electron chi connectivity index (χ3n) is 3.01. The Kier molecular flexibility index (Phi) is 6.87. The van der Waals surface area contributed by atoms with E-state index in [-0.39, 0.29) is 12.2 Å². The third-order valence-corrected chi connectivity index (χ3v) is 3.01. The van der Waals surface area contributed by atoms with Crippen molar-refractivity contribution in [1.82, 2.24) is 5.32 Å². The minimum absolute atomic E-state index is 0.132. The minimum Gasteiger partial charge on any atom is -0.469 e. The maximum absolute atomic E-state index is 12.4. The largest absolute Gasteiger partial charge is 0.573 e. The van der Waals surface area contributed by atoms with Crippen molar-refractivity contribution in [1.29, 1.82) is 0 Å². The predicted octanol–water partition coefficient (Wildman–Crippen LogP) is 3.18. The van der Waals surface area contributed by atoms with Crippen LogP contribution >= 0.6 is 0 Å². The number of carbonyl (C=O) groups excluding carboxylic acids is 2. The number of methoxy groups -OCH3 is 1. The van der Waals surface area contributed by atoms with E-state index in [1.165, 1.54) is 39.2 Å². The lowest BCUT2D eigenvalue weighted by Gasteiger charge is -2.19. The van der Waals surface area contributed by atoms with Crippen LogP contribution in [0.5, 0.6) is 5.75 Å². The molecule has 0 spiro atoms. The SMILES string of the molecule is COC(=O)C(C)COC(=O)NC(C)c1ccccc1OC(F)(F)F. The van der Waals surface area contributed by atoms with Gasteiger partial charge < -0.3 is 19.5 Å². The number of hydrogen-bond donors (Lipinski definition) is 1. The van der Waals surface area contributed by atoms with Gasteiger partial charge in [0.25, 0.3) is 0 Å². The molecule has 9 heteroatoms. The number of alkyl halides is 3. The first-order valence-corrected chi connectivity index (χ1v) is 6.99. The van der Waals surface area contributed by atoms with E-state index in [2.05, 4.69) is 14.8 Å². The van der Waals surface area contributed by atoms with Gasteiger partial charge >= 0.3 is 18.4 Å². The van der Waals surface area contributed by atoms with Crippen LogP contribution < -0.4 is 10.1 Å². The van der Waals surface area contributed by atoms with Gasteiger partial charge in [-0.25, -0.2) is 4.79 Å². The van der Waals surface area contributed by atoms with Crippen molar-refractivity contribution in [2.24, 2.45) is 5.92 Å². The van der Waals surface area contributed by atoms with Crippen LogP contribution in [-0.2, 0) is 14.3 Å². The second-order valence-corrected chi connectivity index (χ2v) is 4.97. The molecule has 0 fully saturated rings. The van der Waals surface area contributed by atoms with Crippen LogP contribution in [0.4, 0.5) is 18.0 Å². The first-order valence-electron chi connectivity index (χ1n) is 6.99. The molecule has 1 amide bonds. The number of para-hydroxylation sites is 1. The van der Waals surface area contributed by atoms with E-state index in [4.69, 9.17) is 4.74 Å². The summed E-state index contributed by atoms with van der Waals surface area (Å²) < 4.78 is 50.4. The molecule has 0 aliphatic heterocycles. The maximum Gasteiger partial charge on any atom is 0.573 e. The zero-order chi connectivity index (χ0) is 18.3. The molecule has 0 saturated carbocycles. The summed E-state index contributed by atoms with van der Waals surface area (Å²) in [6, 6.07) is 4.63. The van der Waals surface area contributed by atoms with Crippen LogP contribution in [0.25, 0.3) is 0 Å². The number of ether oxygens (including phenoxy) is 3. The lowest BCUT2D eigenvalue weighted by molar-refractivity contribution is -0.275. The fourth-order valence-corrected chi connectivity index (χ4v) is 1.82. The average molecular weight is 349 g/mol. The van der Waals surface area contributed by atoms with Gasteiger partial charge in [-0.3, -0.25) is 4.79 Å². The zero-order valence-electron chi connectivity index (χ0n) is 13.3. The van der Waals surface area contributed by atoms with Crippen molar-refractivity contribution in [3.63, 3.8) is 0 Å². The predicted molar refractivity (Wildman–Crippen MR) is 77.2 cm³/mol. The van der Waals surface area contributed by atoms with Gasteiger partial charge in [0.05, 0.1) is 19.1 Å². The number of halogens is 3. The summed E-state index contributed by atoms with van der Waals surface area (Å²) in [5.74, 6) is -1.61. The minimum atomic E-state index is -4.84. The van der Waals surface area contributed by atoms with Crippen LogP contribution in [0, 0.1) is 5.92 Å². The molecule has 2 atom stereocenters. The summed E-state index contributed by atoms with van der Waals surface area (Å²) in [6.45, 7) is 2.77. The van der Waals surface area contributed by atoms with Gasteiger partial charge in [-0.15, -0.1) is 13.2 Å². The Morgan fingerprint density at radius 1 is 1.21 bits per heavy atom.